The van der Waals surface area contributed by atoms with E-state index in [9.17, 15) is 9.59 Å². The van der Waals surface area contributed by atoms with Gasteiger partial charge in [-0.05, 0) is 35.7 Å². The van der Waals surface area contributed by atoms with Crippen LogP contribution >= 0.6 is 0 Å². The maximum atomic E-state index is 12.5. The molecule has 0 fully saturated rings. The molecule has 1 aliphatic carbocycles. The molecule has 0 aliphatic heterocycles. The van der Waals surface area contributed by atoms with Gasteiger partial charge in [0.25, 0.3) is 0 Å². The highest BCUT2D eigenvalue weighted by molar-refractivity contribution is 6.40. The zero-order valence-electron chi connectivity index (χ0n) is 11.7. The van der Waals surface area contributed by atoms with Crippen molar-refractivity contribution in [3.05, 3.63) is 58.7 Å². The van der Waals surface area contributed by atoms with Crippen LogP contribution in [0.4, 0.5) is 0 Å². The molecule has 0 unspecified atom stereocenters. The predicted octanol–water partition coefficient (Wildman–Crippen LogP) is 4.34. The summed E-state index contributed by atoms with van der Waals surface area (Å²) in [4.78, 5) is 25.1. The van der Waals surface area contributed by atoms with Crippen molar-refractivity contribution >= 4 is 22.3 Å². The first-order valence-corrected chi connectivity index (χ1v) is 7.01. The lowest BCUT2D eigenvalue weighted by molar-refractivity contribution is 0.0986. The maximum absolute atomic E-state index is 12.5. The Kier molecular flexibility index (Phi) is 3.01. The molecule has 0 bridgehead atoms. The average molecular weight is 264 g/mol. The Morgan fingerprint density at radius 1 is 0.850 bits per heavy atom. The van der Waals surface area contributed by atoms with Crippen molar-refractivity contribution in [2.24, 2.45) is 0 Å². The molecule has 2 nitrogen and oxygen atoms in total. The zero-order chi connectivity index (χ0) is 14.3. The van der Waals surface area contributed by atoms with Gasteiger partial charge in [0.1, 0.15) is 0 Å². The normalized spacial score (nSPS) is 14.0. The van der Waals surface area contributed by atoms with Gasteiger partial charge in [0.05, 0.1) is 5.57 Å². The smallest absolute Gasteiger partial charge is 0.197 e. The lowest BCUT2D eigenvalue weighted by Gasteiger charge is -2.03. The molecule has 0 saturated heterocycles. The van der Waals surface area contributed by atoms with Crippen molar-refractivity contribution in [1.29, 1.82) is 0 Å². The second kappa shape index (κ2) is 4.71. The Hall–Kier alpha value is -2.22. The summed E-state index contributed by atoms with van der Waals surface area (Å²) in [7, 11) is 0. The monoisotopic (exact) mass is 264 g/mol. The molecule has 0 atom stereocenters. The molecule has 20 heavy (non-hydrogen) atoms. The summed E-state index contributed by atoms with van der Waals surface area (Å²) in [6, 6.07) is 11.5. The first-order chi connectivity index (χ1) is 9.67. The number of Topliss-reactive ketones (excluding diaryl/α,β-unsaturated/α-hetero) is 2. The van der Waals surface area contributed by atoms with Crippen LogP contribution < -0.4 is 0 Å². The summed E-state index contributed by atoms with van der Waals surface area (Å²) < 4.78 is 0. The van der Waals surface area contributed by atoms with Crippen LogP contribution in [0, 0.1) is 0 Å². The first kappa shape index (κ1) is 12.8. The molecule has 3 rings (SSSR count). The van der Waals surface area contributed by atoms with E-state index in [-0.39, 0.29) is 11.6 Å². The number of allylic oxidation sites excluding steroid dienone is 2. The van der Waals surface area contributed by atoms with Gasteiger partial charge in [0.2, 0.25) is 0 Å². The highest BCUT2D eigenvalue weighted by Crippen LogP contribution is 2.33. The van der Waals surface area contributed by atoms with Gasteiger partial charge in [-0.3, -0.25) is 9.59 Å². The maximum Gasteiger partial charge on any atom is 0.197 e. The van der Waals surface area contributed by atoms with Gasteiger partial charge in [0, 0.05) is 11.1 Å². The van der Waals surface area contributed by atoms with Crippen LogP contribution in [-0.4, -0.2) is 11.6 Å². The summed E-state index contributed by atoms with van der Waals surface area (Å²) in [6.45, 7) is 3.98. The van der Waals surface area contributed by atoms with Crippen LogP contribution in [0.3, 0.4) is 0 Å². The van der Waals surface area contributed by atoms with E-state index in [4.69, 9.17) is 0 Å². The highest BCUT2D eigenvalue weighted by atomic mass is 16.2. The SMILES string of the molecule is CCC(CC)=C1C(=O)c2cc3ccccc3cc2C1=O. The quantitative estimate of drug-likeness (QED) is 0.597. The Morgan fingerprint density at radius 3 is 1.70 bits per heavy atom. The third-order valence-corrected chi connectivity index (χ3v) is 4.04. The minimum absolute atomic E-state index is 0.102. The zero-order valence-corrected chi connectivity index (χ0v) is 11.7. The number of benzene rings is 2. The van der Waals surface area contributed by atoms with Crippen LogP contribution in [0.25, 0.3) is 10.8 Å². The number of hydrogen-bond acceptors (Lipinski definition) is 2. The molecule has 0 amide bonds. The van der Waals surface area contributed by atoms with Gasteiger partial charge in [-0.25, -0.2) is 0 Å². The molecule has 0 heterocycles. The minimum Gasteiger partial charge on any atom is -0.288 e. The summed E-state index contributed by atoms with van der Waals surface area (Å²) >= 11 is 0. The van der Waals surface area contributed by atoms with E-state index in [0.717, 1.165) is 29.2 Å². The van der Waals surface area contributed by atoms with Gasteiger partial charge < -0.3 is 0 Å². The molecular formula is C18H16O2. The van der Waals surface area contributed by atoms with Crippen LogP contribution in [0.2, 0.25) is 0 Å². The number of carbonyl (C=O) groups excluding carboxylic acids is 2. The molecule has 100 valence electrons. The van der Waals surface area contributed by atoms with Crippen LogP contribution in [0.15, 0.2) is 47.5 Å². The van der Waals surface area contributed by atoms with Crippen LogP contribution in [-0.2, 0) is 0 Å². The molecular weight excluding hydrogens is 248 g/mol. The molecule has 2 aromatic carbocycles. The lowest BCUT2D eigenvalue weighted by Crippen LogP contribution is -2.04. The first-order valence-electron chi connectivity index (χ1n) is 7.01. The number of carbonyl (C=O) groups is 2. The van der Waals surface area contributed by atoms with E-state index in [2.05, 4.69) is 0 Å². The van der Waals surface area contributed by atoms with Crippen molar-refractivity contribution in [1.82, 2.24) is 0 Å². The van der Waals surface area contributed by atoms with E-state index in [1.54, 1.807) is 0 Å². The topological polar surface area (TPSA) is 34.1 Å². The minimum atomic E-state index is -0.102. The number of ketones is 2. The van der Waals surface area contributed by atoms with Crippen molar-refractivity contribution in [3.63, 3.8) is 0 Å². The fourth-order valence-corrected chi connectivity index (χ4v) is 2.91. The van der Waals surface area contributed by atoms with Crippen molar-refractivity contribution < 1.29 is 9.59 Å². The van der Waals surface area contributed by atoms with E-state index < -0.39 is 0 Å². The fourth-order valence-electron chi connectivity index (χ4n) is 2.91. The molecule has 0 N–H and O–H groups in total. The van der Waals surface area contributed by atoms with E-state index >= 15 is 0 Å². The Morgan fingerprint density at radius 2 is 1.30 bits per heavy atom. The molecule has 0 radical (unpaired) electrons. The van der Waals surface area contributed by atoms with Gasteiger partial charge in [-0.1, -0.05) is 43.7 Å². The van der Waals surface area contributed by atoms with Crippen molar-refractivity contribution in [3.8, 4) is 0 Å². The molecule has 0 spiro atoms. The third-order valence-electron chi connectivity index (χ3n) is 4.04. The average Bonchev–Trinajstić information content (AvgIpc) is 2.71. The second-order valence-electron chi connectivity index (χ2n) is 5.09. The Balaban J connectivity index is 2.28. The summed E-state index contributed by atoms with van der Waals surface area (Å²) in [5.74, 6) is -0.205. The molecule has 2 heteroatoms. The van der Waals surface area contributed by atoms with Gasteiger partial charge >= 0.3 is 0 Å². The Labute approximate surface area is 118 Å². The van der Waals surface area contributed by atoms with Crippen LogP contribution in [0.5, 0.6) is 0 Å². The van der Waals surface area contributed by atoms with Crippen molar-refractivity contribution in [2.45, 2.75) is 26.7 Å². The van der Waals surface area contributed by atoms with Crippen molar-refractivity contribution in [2.75, 3.05) is 0 Å². The molecule has 1 aliphatic rings. The second-order valence-corrected chi connectivity index (χ2v) is 5.09. The van der Waals surface area contributed by atoms with Gasteiger partial charge in [-0.15, -0.1) is 0 Å². The standard InChI is InChI=1S/C18H16O2/c1-3-11(4-2)16-17(19)14-9-12-7-5-6-8-13(12)10-15(14)18(16)20/h5-10H,3-4H2,1-2H3. The summed E-state index contributed by atoms with van der Waals surface area (Å²) in [6.07, 6.45) is 1.49. The molecule has 0 saturated carbocycles. The largest absolute Gasteiger partial charge is 0.288 e. The predicted molar refractivity (Wildman–Crippen MR) is 80.2 cm³/mol. The number of fused-ring (bicyclic) bond motifs is 2. The van der Waals surface area contributed by atoms with Gasteiger partial charge in [0.15, 0.2) is 11.6 Å². The highest BCUT2D eigenvalue weighted by Gasteiger charge is 2.34. The third kappa shape index (κ3) is 1.72. The number of rotatable bonds is 2. The molecule has 0 aromatic heterocycles. The van der Waals surface area contributed by atoms with E-state index in [1.807, 2.05) is 50.2 Å². The van der Waals surface area contributed by atoms with E-state index in [0.29, 0.717) is 16.7 Å². The Bertz CT molecular complexity index is 704. The van der Waals surface area contributed by atoms with Gasteiger partial charge in [-0.2, -0.15) is 0 Å². The fraction of sp³-hybridized carbons (Fsp3) is 0.222. The molecule has 2 aromatic rings. The number of hydrogen-bond donors (Lipinski definition) is 0. The summed E-state index contributed by atoms with van der Waals surface area (Å²) in [5.41, 5.74) is 2.48. The summed E-state index contributed by atoms with van der Waals surface area (Å²) in [5, 5.41) is 2.01. The lowest BCUT2D eigenvalue weighted by atomic mass is 9.99. The van der Waals surface area contributed by atoms with E-state index in [1.165, 1.54) is 0 Å². The van der Waals surface area contributed by atoms with Crippen LogP contribution in [0.1, 0.15) is 47.4 Å².